The summed E-state index contributed by atoms with van der Waals surface area (Å²) in [7, 11) is 0. The normalized spacial score (nSPS) is 14.9. The molecule has 0 bridgehead atoms. The van der Waals surface area contributed by atoms with Gasteiger partial charge in [-0.25, -0.2) is 4.98 Å². The van der Waals surface area contributed by atoms with Gasteiger partial charge >= 0.3 is 5.97 Å². The minimum absolute atomic E-state index is 0.117. The molecule has 3 N–H and O–H groups in total. The number of ether oxygens (including phenoxy) is 1. The second-order valence-electron chi connectivity index (χ2n) is 7.77. The summed E-state index contributed by atoms with van der Waals surface area (Å²) in [6, 6.07) is 12.1. The number of aryl methyl sites for hydroxylation is 1. The number of anilines is 1. The van der Waals surface area contributed by atoms with E-state index in [0.717, 1.165) is 39.3 Å². The maximum atomic E-state index is 11.0. The van der Waals surface area contributed by atoms with Crippen LogP contribution in [0.15, 0.2) is 36.4 Å². The summed E-state index contributed by atoms with van der Waals surface area (Å²) in [5.74, 6) is 0.685. The van der Waals surface area contributed by atoms with Crippen molar-refractivity contribution in [2.24, 2.45) is 5.92 Å². The van der Waals surface area contributed by atoms with Gasteiger partial charge in [0.1, 0.15) is 5.75 Å². The van der Waals surface area contributed by atoms with Gasteiger partial charge in [0.25, 0.3) is 0 Å². The van der Waals surface area contributed by atoms with Crippen molar-refractivity contribution in [3.8, 4) is 16.9 Å². The average molecular weight is 411 g/mol. The number of carboxylic acid groups (broad SMARTS) is 1. The number of carbonyl (C=O) groups is 1. The summed E-state index contributed by atoms with van der Waals surface area (Å²) in [5.41, 5.74) is 9.78. The Morgan fingerprint density at radius 1 is 1.17 bits per heavy atom. The van der Waals surface area contributed by atoms with E-state index in [-0.39, 0.29) is 6.42 Å². The zero-order valence-electron chi connectivity index (χ0n) is 16.4. The molecule has 6 heteroatoms. The summed E-state index contributed by atoms with van der Waals surface area (Å²) >= 11 is 1.47. The standard InChI is InChI=1S/C23H26N2O3S/c24-23-25-19-9-8-17(13-21(19)29-23)18-12-15(7-11-22(26)27)6-10-20(18)28-14-16-4-2-1-3-5-16/h6,8-10,12-13,16H,1-5,7,11,14H2,(H2,24,25)(H,26,27). The number of fused-ring (bicyclic) bond motifs is 1. The van der Waals surface area contributed by atoms with Crippen molar-refractivity contribution in [3.63, 3.8) is 0 Å². The van der Waals surface area contributed by atoms with E-state index in [9.17, 15) is 4.79 Å². The lowest BCUT2D eigenvalue weighted by molar-refractivity contribution is -0.136. The lowest BCUT2D eigenvalue weighted by atomic mass is 9.90. The van der Waals surface area contributed by atoms with Crippen LogP contribution in [0.25, 0.3) is 21.3 Å². The Hall–Kier alpha value is -2.60. The summed E-state index contributed by atoms with van der Waals surface area (Å²) in [4.78, 5) is 15.3. The maximum Gasteiger partial charge on any atom is 0.303 e. The molecule has 0 aliphatic heterocycles. The van der Waals surface area contributed by atoms with Crippen molar-refractivity contribution < 1.29 is 14.6 Å². The fraction of sp³-hybridized carbons (Fsp3) is 0.391. The highest BCUT2D eigenvalue weighted by Crippen LogP contribution is 2.36. The first-order valence-corrected chi connectivity index (χ1v) is 11.0. The van der Waals surface area contributed by atoms with Gasteiger partial charge in [-0.05, 0) is 60.6 Å². The fourth-order valence-corrected chi connectivity index (χ4v) is 4.78. The second-order valence-corrected chi connectivity index (χ2v) is 8.84. The Balaban J connectivity index is 1.64. The molecule has 1 heterocycles. The molecule has 1 aromatic heterocycles. The Bertz CT molecular complexity index is 1010. The number of hydrogen-bond acceptors (Lipinski definition) is 5. The molecule has 1 saturated carbocycles. The molecule has 1 fully saturated rings. The molecule has 1 aliphatic rings. The first kappa shape index (κ1) is 19.7. The Morgan fingerprint density at radius 2 is 2.00 bits per heavy atom. The van der Waals surface area contributed by atoms with Gasteiger partial charge in [-0.2, -0.15) is 0 Å². The number of nitrogens with zero attached hydrogens (tertiary/aromatic N) is 1. The van der Waals surface area contributed by atoms with Crippen molar-refractivity contribution >= 4 is 32.7 Å². The number of carboxylic acids is 1. The average Bonchev–Trinajstić information content (AvgIpc) is 3.11. The first-order chi connectivity index (χ1) is 14.1. The van der Waals surface area contributed by atoms with Crippen LogP contribution >= 0.6 is 11.3 Å². The highest BCUT2D eigenvalue weighted by Gasteiger charge is 2.16. The van der Waals surface area contributed by atoms with Crippen molar-refractivity contribution in [2.75, 3.05) is 12.3 Å². The number of aromatic nitrogens is 1. The van der Waals surface area contributed by atoms with E-state index < -0.39 is 5.97 Å². The quantitative estimate of drug-likeness (QED) is 0.535. The van der Waals surface area contributed by atoms with E-state index in [4.69, 9.17) is 15.6 Å². The Kier molecular flexibility index (Phi) is 6.00. The third-order valence-corrected chi connectivity index (χ3v) is 6.43. The summed E-state index contributed by atoms with van der Waals surface area (Å²) in [5, 5.41) is 9.58. The van der Waals surface area contributed by atoms with Crippen LogP contribution in [0.3, 0.4) is 0 Å². The van der Waals surface area contributed by atoms with Gasteiger partial charge in [-0.1, -0.05) is 42.7 Å². The predicted octanol–water partition coefficient (Wildman–Crippen LogP) is 5.52. The van der Waals surface area contributed by atoms with E-state index in [0.29, 0.717) is 17.5 Å². The van der Waals surface area contributed by atoms with E-state index in [1.54, 1.807) is 0 Å². The number of hydrogen-bond donors (Lipinski definition) is 2. The minimum Gasteiger partial charge on any atom is -0.493 e. The molecule has 3 aromatic rings. The van der Waals surface area contributed by atoms with Crippen LogP contribution in [0.4, 0.5) is 5.13 Å². The van der Waals surface area contributed by atoms with E-state index in [2.05, 4.69) is 17.1 Å². The van der Waals surface area contributed by atoms with Crippen LogP contribution < -0.4 is 10.5 Å². The number of aliphatic carboxylic acids is 1. The Labute approximate surface area is 174 Å². The van der Waals surface area contributed by atoms with Gasteiger partial charge in [-0.15, -0.1) is 0 Å². The molecule has 0 atom stereocenters. The monoisotopic (exact) mass is 410 g/mol. The smallest absolute Gasteiger partial charge is 0.303 e. The maximum absolute atomic E-state index is 11.0. The molecule has 0 radical (unpaired) electrons. The lowest BCUT2D eigenvalue weighted by Crippen LogP contribution is -2.15. The number of rotatable bonds is 7. The predicted molar refractivity (Wildman–Crippen MR) is 117 cm³/mol. The van der Waals surface area contributed by atoms with E-state index in [1.165, 1.54) is 43.4 Å². The molecular formula is C23H26N2O3S. The molecule has 0 saturated heterocycles. The molecule has 0 spiro atoms. The molecule has 5 nitrogen and oxygen atoms in total. The lowest BCUT2D eigenvalue weighted by Gasteiger charge is -2.22. The third-order valence-electron chi connectivity index (χ3n) is 5.59. The number of thiazole rings is 1. The van der Waals surface area contributed by atoms with Gasteiger partial charge < -0.3 is 15.6 Å². The molecular weight excluding hydrogens is 384 g/mol. The molecule has 0 unspecified atom stereocenters. The molecule has 0 amide bonds. The van der Waals surface area contributed by atoms with E-state index >= 15 is 0 Å². The largest absolute Gasteiger partial charge is 0.493 e. The topological polar surface area (TPSA) is 85.4 Å². The van der Waals surface area contributed by atoms with Crippen LogP contribution in [-0.4, -0.2) is 22.7 Å². The summed E-state index contributed by atoms with van der Waals surface area (Å²) in [6.45, 7) is 0.733. The second kappa shape index (κ2) is 8.82. The van der Waals surface area contributed by atoms with Crippen LogP contribution in [0.1, 0.15) is 44.1 Å². The van der Waals surface area contributed by atoms with Gasteiger partial charge in [0, 0.05) is 12.0 Å². The van der Waals surface area contributed by atoms with Crippen molar-refractivity contribution in [3.05, 3.63) is 42.0 Å². The zero-order chi connectivity index (χ0) is 20.2. The summed E-state index contributed by atoms with van der Waals surface area (Å²) in [6.07, 6.45) is 7.00. The van der Waals surface area contributed by atoms with Gasteiger partial charge in [0.2, 0.25) is 0 Å². The van der Waals surface area contributed by atoms with Gasteiger partial charge in [-0.3, -0.25) is 4.79 Å². The van der Waals surface area contributed by atoms with Crippen molar-refractivity contribution in [1.29, 1.82) is 0 Å². The molecule has 4 rings (SSSR count). The molecule has 29 heavy (non-hydrogen) atoms. The van der Waals surface area contributed by atoms with Crippen LogP contribution in [0.5, 0.6) is 5.75 Å². The van der Waals surface area contributed by atoms with Gasteiger partial charge in [0.15, 0.2) is 5.13 Å². The highest BCUT2D eigenvalue weighted by atomic mass is 32.1. The Morgan fingerprint density at radius 3 is 2.79 bits per heavy atom. The molecule has 2 aromatic carbocycles. The van der Waals surface area contributed by atoms with Crippen LogP contribution in [0.2, 0.25) is 0 Å². The zero-order valence-corrected chi connectivity index (χ0v) is 17.2. The van der Waals surface area contributed by atoms with E-state index in [1.807, 2.05) is 24.3 Å². The summed E-state index contributed by atoms with van der Waals surface area (Å²) < 4.78 is 7.31. The van der Waals surface area contributed by atoms with Crippen molar-refractivity contribution in [1.82, 2.24) is 4.98 Å². The SMILES string of the molecule is Nc1nc2ccc(-c3cc(CCC(=O)O)ccc3OCC3CCCCC3)cc2s1. The first-order valence-electron chi connectivity index (χ1n) is 10.2. The van der Waals surface area contributed by atoms with Crippen LogP contribution in [0, 0.1) is 5.92 Å². The fourth-order valence-electron chi connectivity index (χ4n) is 4.01. The molecule has 152 valence electrons. The van der Waals surface area contributed by atoms with Crippen LogP contribution in [-0.2, 0) is 11.2 Å². The number of nitrogen functional groups attached to an aromatic ring is 1. The highest BCUT2D eigenvalue weighted by molar-refractivity contribution is 7.22. The minimum atomic E-state index is -0.786. The van der Waals surface area contributed by atoms with Gasteiger partial charge in [0.05, 0.1) is 16.8 Å². The van der Waals surface area contributed by atoms with Crippen molar-refractivity contribution in [2.45, 2.75) is 44.9 Å². The molecule has 1 aliphatic carbocycles. The third kappa shape index (κ3) is 4.88. The number of nitrogens with two attached hydrogens (primary N) is 1. The number of benzene rings is 2.